The molecule has 0 saturated heterocycles. The van der Waals surface area contributed by atoms with Crippen molar-refractivity contribution in [3.05, 3.63) is 46.3 Å². The number of carbonyl (C=O) groups is 1. The Bertz CT molecular complexity index is 696. The third kappa shape index (κ3) is 4.05. The first kappa shape index (κ1) is 18.2. The maximum atomic E-state index is 12.5. The third-order valence-corrected chi connectivity index (χ3v) is 4.46. The molecule has 0 unspecified atom stereocenters. The number of nitrogens with zero attached hydrogens (tertiary/aromatic N) is 2. The van der Waals surface area contributed by atoms with Gasteiger partial charge < -0.3 is 4.74 Å². The minimum absolute atomic E-state index is 0.00204. The van der Waals surface area contributed by atoms with Crippen molar-refractivity contribution in [3.63, 3.8) is 0 Å². The molecule has 2 rings (SSSR count). The Hall–Kier alpha value is -2.10. The molecule has 24 heavy (non-hydrogen) atoms. The van der Waals surface area contributed by atoms with Crippen LogP contribution in [0.5, 0.6) is 5.75 Å². The standard InChI is InChI=1S/C20H28N2O2/c1-6-7-8-12-18-16(4)21-22(17(18)5)19(23)13-24-20-14(2)10-9-11-15(20)3/h9-11H,6-8,12-13H2,1-5H3. The largest absolute Gasteiger partial charge is 0.483 e. The molecule has 1 aromatic heterocycles. The van der Waals surface area contributed by atoms with E-state index in [-0.39, 0.29) is 12.5 Å². The van der Waals surface area contributed by atoms with E-state index in [0.29, 0.717) is 0 Å². The van der Waals surface area contributed by atoms with Crippen molar-refractivity contribution in [1.29, 1.82) is 0 Å². The molecule has 0 aliphatic rings. The second-order valence-corrected chi connectivity index (χ2v) is 6.42. The van der Waals surface area contributed by atoms with Crippen LogP contribution in [0.3, 0.4) is 0 Å². The number of hydrogen-bond acceptors (Lipinski definition) is 3. The van der Waals surface area contributed by atoms with E-state index in [1.807, 2.05) is 45.9 Å². The fraction of sp³-hybridized carbons (Fsp3) is 0.500. The number of carbonyl (C=O) groups excluding carboxylic acids is 1. The van der Waals surface area contributed by atoms with Crippen LogP contribution < -0.4 is 4.74 Å². The highest BCUT2D eigenvalue weighted by molar-refractivity contribution is 5.80. The summed E-state index contributed by atoms with van der Waals surface area (Å²) in [6.07, 6.45) is 4.51. The van der Waals surface area contributed by atoms with E-state index in [2.05, 4.69) is 12.0 Å². The molecular formula is C20H28N2O2. The second-order valence-electron chi connectivity index (χ2n) is 6.42. The predicted octanol–water partition coefficient (Wildman–Crippen LogP) is 4.57. The van der Waals surface area contributed by atoms with Crippen molar-refractivity contribution in [2.24, 2.45) is 0 Å². The van der Waals surface area contributed by atoms with Crippen LogP contribution in [-0.4, -0.2) is 22.3 Å². The first-order valence-electron chi connectivity index (χ1n) is 8.73. The Labute approximate surface area is 144 Å². The topological polar surface area (TPSA) is 44.1 Å². The molecule has 0 fully saturated rings. The number of benzene rings is 1. The van der Waals surface area contributed by atoms with Crippen molar-refractivity contribution >= 4 is 5.91 Å². The minimum atomic E-state index is -0.125. The molecule has 0 N–H and O–H groups in total. The Morgan fingerprint density at radius 2 is 1.79 bits per heavy atom. The molecule has 0 aliphatic heterocycles. The van der Waals surface area contributed by atoms with Crippen molar-refractivity contribution in [2.45, 2.75) is 60.3 Å². The zero-order valence-corrected chi connectivity index (χ0v) is 15.5. The third-order valence-electron chi connectivity index (χ3n) is 4.46. The zero-order chi connectivity index (χ0) is 17.7. The predicted molar refractivity (Wildman–Crippen MR) is 97.0 cm³/mol. The Balaban J connectivity index is 2.09. The van der Waals surface area contributed by atoms with E-state index in [1.54, 1.807) is 0 Å². The lowest BCUT2D eigenvalue weighted by Crippen LogP contribution is -2.22. The molecule has 0 radical (unpaired) electrons. The molecule has 2 aromatic rings. The van der Waals surface area contributed by atoms with Gasteiger partial charge in [0.1, 0.15) is 5.75 Å². The fourth-order valence-corrected chi connectivity index (χ4v) is 3.05. The summed E-state index contributed by atoms with van der Waals surface area (Å²) in [5, 5.41) is 4.43. The van der Waals surface area contributed by atoms with E-state index < -0.39 is 0 Å². The summed E-state index contributed by atoms with van der Waals surface area (Å²) in [4.78, 5) is 12.5. The first-order valence-corrected chi connectivity index (χ1v) is 8.73. The average molecular weight is 328 g/mol. The van der Waals surface area contributed by atoms with Crippen molar-refractivity contribution < 1.29 is 9.53 Å². The second kappa shape index (κ2) is 8.13. The molecule has 4 nitrogen and oxygen atoms in total. The highest BCUT2D eigenvalue weighted by atomic mass is 16.5. The Kier molecular flexibility index (Phi) is 6.18. The number of aryl methyl sites for hydroxylation is 3. The maximum absolute atomic E-state index is 12.5. The van der Waals surface area contributed by atoms with E-state index in [0.717, 1.165) is 41.1 Å². The lowest BCUT2D eigenvalue weighted by atomic mass is 10.1. The van der Waals surface area contributed by atoms with Gasteiger partial charge in [-0.25, -0.2) is 4.68 Å². The van der Waals surface area contributed by atoms with Crippen LogP contribution in [0, 0.1) is 27.7 Å². The summed E-state index contributed by atoms with van der Waals surface area (Å²) >= 11 is 0. The molecule has 130 valence electrons. The summed E-state index contributed by atoms with van der Waals surface area (Å²) in [5.41, 5.74) is 5.17. The quantitative estimate of drug-likeness (QED) is 0.699. The molecule has 0 bridgehead atoms. The Morgan fingerprint density at radius 3 is 2.42 bits per heavy atom. The number of aromatic nitrogens is 2. The molecule has 1 heterocycles. The summed E-state index contributed by atoms with van der Waals surface area (Å²) < 4.78 is 7.28. The molecule has 0 saturated carbocycles. The molecule has 1 aromatic carbocycles. The van der Waals surface area contributed by atoms with Crippen molar-refractivity contribution in [1.82, 2.24) is 9.78 Å². The van der Waals surface area contributed by atoms with Crippen LogP contribution >= 0.6 is 0 Å². The average Bonchev–Trinajstić information content (AvgIpc) is 2.82. The van der Waals surface area contributed by atoms with Gasteiger partial charge in [-0.3, -0.25) is 4.79 Å². The van der Waals surface area contributed by atoms with Crippen LogP contribution in [-0.2, 0) is 6.42 Å². The van der Waals surface area contributed by atoms with Gasteiger partial charge >= 0.3 is 0 Å². The van der Waals surface area contributed by atoms with Gasteiger partial charge in [0, 0.05) is 5.69 Å². The minimum Gasteiger partial charge on any atom is -0.483 e. The SMILES string of the molecule is CCCCCc1c(C)nn(C(=O)COc2c(C)cccc2C)c1C. The number of ether oxygens (including phenoxy) is 1. The van der Waals surface area contributed by atoms with Gasteiger partial charge in [0.15, 0.2) is 6.61 Å². The van der Waals surface area contributed by atoms with Crippen molar-refractivity contribution in [3.8, 4) is 5.75 Å². The van der Waals surface area contributed by atoms with Gasteiger partial charge in [-0.2, -0.15) is 5.10 Å². The normalized spacial score (nSPS) is 10.9. The van der Waals surface area contributed by atoms with E-state index in [1.165, 1.54) is 23.1 Å². The van der Waals surface area contributed by atoms with Gasteiger partial charge in [0.25, 0.3) is 5.91 Å². The monoisotopic (exact) mass is 328 g/mol. The van der Waals surface area contributed by atoms with Crippen LogP contribution in [0.25, 0.3) is 0 Å². The number of unbranched alkanes of at least 4 members (excludes halogenated alkanes) is 2. The lowest BCUT2D eigenvalue weighted by molar-refractivity contribution is 0.0817. The summed E-state index contributed by atoms with van der Waals surface area (Å²) in [6, 6.07) is 5.97. The maximum Gasteiger partial charge on any atom is 0.284 e. The lowest BCUT2D eigenvalue weighted by Gasteiger charge is -2.11. The highest BCUT2D eigenvalue weighted by Gasteiger charge is 2.17. The van der Waals surface area contributed by atoms with Crippen LogP contribution in [0.15, 0.2) is 18.2 Å². The number of rotatable bonds is 7. The number of para-hydroxylation sites is 1. The molecule has 0 amide bonds. The summed E-state index contributed by atoms with van der Waals surface area (Å²) in [5.74, 6) is 0.663. The van der Waals surface area contributed by atoms with Gasteiger partial charge in [-0.1, -0.05) is 38.0 Å². The highest BCUT2D eigenvalue weighted by Crippen LogP contribution is 2.22. The van der Waals surface area contributed by atoms with Gasteiger partial charge in [-0.05, 0) is 57.2 Å². The van der Waals surface area contributed by atoms with Crippen LogP contribution in [0.1, 0.15) is 59.1 Å². The van der Waals surface area contributed by atoms with Gasteiger partial charge in [0.05, 0.1) is 5.69 Å². The zero-order valence-electron chi connectivity index (χ0n) is 15.5. The Morgan fingerprint density at radius 1 is 1.12 bits per heavy atom. The summed E-state index contributed by atoms with van der Waals surface area (Å²) in [7, 11) is 0. The fourth-order valence-electron chi connectivity index (χ4n) is 3.05. The van der Waals surface area contributed by atoms with Gasteiger partial charge in [0.2, 0.25) is 0 Å². The number of hydrogen-bond donors (Lipinski definition) is 0. The molecule has 0 spiro atoms. The van der Waals surface area contributed by atoms with E-state index in [9.17, 15) is 4.79 Å². The molecule has 0 atom stereocenters. The molecule has 0 aliphatic carbocycles. The van der Waals surface area contributed by atoms with E-state index in [4.69, 9.17) is 4.74 Å². The molecule has 4 heteroatoms. The van der Waals surface area contributed by atoms with Crippen LogP contribution in [0.2, 0.25) is 0 Å². The van der Waals surface area contributed by atoms with Gasteiger partial charge in [-0.15, -0.1) is 0 Å². The smallest absolute Gasteiger partial charge is 0.284 e. The van der Waals surface area contributed by atoms with Crippen molar-refractivity contribution in [2.75, 3.05) is 6.61 Å². The van der Waals surface area contributed by atoms with Crippen LogP contribution in [0.4, 0.5) is 0 Å². The van der Waals surface area contributed by atoms with E-state index >= 15 is 0 Å². The molecular weight excluding hydrogens is 300 g/mol. The summed E-state index contributed by atoms with van der Waals surface area (Å²) in [6.45, 7) is 10.1. The first-order chi connectivity index (χ1) is 11.5.